The molecule has 3 aliphatic rings. The van der Waals surface area contributed by atoms with E-state index in [1.165, 1.54) is 18.4 Å². The molecule has 0 radical (unpaired) electrons. The van der Waals surface area contributed by atoms with E-state index >= 15 is 0 Å². The fourth-order valence-corrected chi connectivity index (χ4v) is 5.03. The topological polar surface area (TPSA) is 60.4 Å². The summed E-state index contributed by atoms with van der Waals surface area (Å²) >= 11 is 0. The summed E-state index contributed by atoms with van der Waals surface area (Å²) in [4.78, 5) is 24.0. The maximum absolute atomic E-state index is 12.7. The predicted octanol–water partition coefficient (Wildman–Crippen LogP) is 2.55. The Morgan fingerprint density at radius 1 is 1.09 bits per heavy atom. The molecular formula is C24H38IN5O2. The molecule has 1 atom stereocenters. The van der Waals surface area contributed by atoms with Crippen LogP contribution in [0.25, 0.3) is 0 Å². The summed E-state index contributed by atoms with van der Waals surface area (Å²) in [6.45, 7) is 8.33. The molecule has 178 valence electrons. The SMILES string of the molecule is CN=C(NCC1(c2ccccc2OC)CC1)N1CCN(C(C)C(=O)N2CCCC2)CC1.I. The van der Waals surface area contributed by atoms with Crippen molar-refractivity contribution in [2.75, 3.05) is 60.0 Å². The zero-order valence-corrected chi connectivity index (χ0v) is 22.0. The van der Waals surface area contributed by atoms with Gasteiger partial charge in [-0.1, -0.05) is 18.2 Å². The quantitative estimate of drug-likeness (QED) is 0.332. The minimum atomic E-state index is -0.0319. The van der Waals surface area contributed by atoms with Crippen LogP contribution in [0.1, 0.15) is 38.2 Å². The van der Waals surface area contributed by atoms with Crippen LogP contribution in [0.5, 0.6) is 5.75 Å². The van der Waals surface area contributed by atoms with E-state index in [0.717, 1.165) is 70.4 Å². The molecular weight excluding hydrogens is 517 g/mol. The van der Waals surface area contributed by atoms with E-state index in [1.54, 1.807) is 7.11 Å². The van der Waals surface area contributed by atoms with Crippen molar-refractivity contribution in [1.82, 2.24) is 20.0 Å². The van der Waals surface area contributed by atoms with Crippen LogP contribution >= 0.6 is 24.0 Å². The van der Waals surface area contributed by atoms with E-state index in [2.05, 4.69) is 39.2 Å². The first-order chi connectivity index (χ1) is 15.1. The molecule has 4 rings (SSSR count). The molecule has 0 bridgehead atoms. The Labute approximate surface area is 209 Å². The lowest BCUT2D eigenvalue weighted by Gasteiger charge is -2.39. The average molecular weight is 556 g/mol. The lowest BCUT2D eigenvalue weighted by Crippen LogP contribution is -2.57. The molecule has 1 aliphatic carbocycles. The second-order valence-corrected chi connectivity index (χ2v) is 9.11. The maximum atomic E-state index is 12.7. The number of halogens is 1. The van der Waals surface area contributed by atoms with Gasteiger partial charge < -0.3 is 19.9 Å². The standard InChI is InChI=1S/C24H37N5O2.HI/c1-19(22(30)28-12-6-7-13-28)27-14-16-29(17-15-27)23(25-2)26-18-24(10-11-24)20-8-4-5-9-21(20)31-3;/h4-5,8-9,19H,6-7,10-18H2,1-3H3,(H,25,26);1H. The molecule has 1 aromatic rings. The number of nitrogens with one attached hydrogen (secondary N) is 1. The number of methoxy groups -OCH3 is 1. The molecule has 1 N–H and O–H groups in total. The number of amides is 1. The number of nitrogens with zero attached hydrogens (tertiary/aromatic N) is 4. The Morgan fingerprint density at radius 2 is 1.75 bits per heavy atom. The number of hydrogen-bond acceptors (Lipinski definition) is 4. The number of hydrogen-bond donors (Lipinski definition) is 1. The van der Waals surface area contributed by atoms with E-state index < -0.39 is 0 Å². The minimum Gasteiger partial charge on any atom is -0.496 e. The van der Waals surface area contributed by atoms with E-state index in [-0.39, 0.29) is 35.4 Å². The van der Waals surface area contributed by atoms with Gasteiger partial charge in [0.15, 0.2) is 5.96 Å². The monoisotopic (exact) mass is 555 g/mol. The second-order valence-electron chi connectivity index (χ2n) is 9.11. The molecule has 8 heteroatoms. The number of benzene rings is 1. The molecule has 1 aromatic carbocycles. The first-order valence-corrected chi connectivity index (χ1v) is 11.7. The van der Waals surface area contributed by atoms with Crippen LogP contribution in [0.15, 0.2) is 29.3 Å². The predicted molar refractivity (Wildman–Crippen MR) is 139 cm³/mol. The lowest BCUT2D eigenvalue weighted by atomic mass is 9.95. The molecule has 1 unspecified atom stereocenters. The summed E-state index contributed by atoms with van der Waals surface area (Å²) in [6, 6.07) is 8.33. The van der Waals surface area contributed by atoms with Crippen molar-refractivity contribution < 1.29 is 9.53 Å². The highest BCUT2D eigenvalue weighted by molar-refractivity contribution is 14.0. The summed E-state index contributed by atoms with van der Waals surface area (Å²) in [5, 5.41) is 3.63. The highest BCUT2D eigenvalue weighted by Crippen LogP contribution is 2.50. The van der Waals surface area contributed by atoms with Crippen LogP contribution in [0.2, 0.25) is 0 Å². The summed E-state index contributed by atoms with van der Waals surface area (Å²) in [6.07, 6.45) is 4.62. The van der Waals surface area contributed by atoms with Gasteiger partial charge in [0.1, 0.15) is 5.75 Å². The zero-order valence-electron chi connectivity index (χ0n) is 19.7. The van der Waals surface area contributed by atoms with Crippen molar-refractivity contribution in [3.63, 3.8) is 0 Å². The fraction of sp³-hybridized carbons (Fsp3) is 0.667. The van der Waals surface area contributed by atoms with Crippen molar-refractivity contribution in [2.24, 2.45) is 4.99 Å². The molecule has 7 nitrogen and oxygen atoms in total. The number of rotatable bonds is 6. The van der Waals surface area contributed by atoms with Crippen molar-refractivity contribution in [1.29, 1.82) is 0 Å². The summed E-state index contributed by atoms with van der Waals surface area (Å²) in [7, 11) is 3.60. The van der Waals surface area contributed by atoms with Crippen LogP contribution in [-0.2, 0) is 10.2 Å². The second kappa shape index (κ2) is 11.0. The van der Waals surface area contributed by atoms with Gasteiger partial charge in [-0.05, 0) is 38.7 Å². The van der Waals surface area contributed by atoms with E-state index in [0.29, 0.717) is 5.91 Å². The number of piperazine rings is 1. The normalized spacial score (nSPS) is 21.7. The van der Waals surface area contributed by atoms with Crippen LogP contribution < -0.4 is 10.1 Å². The number of ether oxygens (including phenoxy) is 1. The van der Waals surface area contributed by atoms with E-state index in [4.69, 9.17) is 4.74 Å². The lowest BCUT2D eigenvalue weighted by molar-refractivity contribution is -0.135. The Bertz CT molecular complexity index is 799. The van der Waals surface area contributed by atoms with Gasteiger partial charge in [-0.15, -0.1) is 24.0 Å². The number of aliphatic imine (C=N–C) groups is 1. The van der Waals surface area contributed by atoms with Crippen molar-refractivity contribution in [3.8, 4) is 5.75 Å². The van der Waals surface area contributed by atoms with Crippen LogP contribution in [0.3, 0.4) is 0 Å². The largest absolute Gasteiger partial charge is 0.496 e. The number of likely N-dealkylation sites (tertiary alicyclic amines) is 1. The third kappa shape index (κ3) is 5.32. The molecule has 1 saturated carbocycles. The fourth-order valence-electron chi connectivity index (χ4n) is 5.03. The molecule has 3 fully saturated rings. The Balaban J connectivity index is 0.00000289. The Kier molecular flexibility index (Phi) is 8.66. The number of para-hydroxylation sites is 1. The van der Waals surface area contributed by atoms with Crippen molar-refractivity contribution in [3.05, 3.63) is 29.8 Å². The third-order valence-corrected chi connectivity index (χ3v) is 7.27. The summed E-state index contributed by atoms with van der Waals surface area (Å²) in [5.41, 5.74) is 1.43. The minimum absolute atomic E-state index is 0. The molecule has 2 heterocycles. The van der Waals surface area contributed by atoms with Crippen molar-refractivity contribution >= 4 is 35.8 Å². The summed E-state index contributed by atoms with van der Waals surface area (Å²) < 4.78 is 5.61. The first kappa shape index (κ1) is 25.1. The van der Waals surface area contributed by atoms with Gasteiger partial charge in [0, 0.05) is 63.8 Å². The van der Waals surface area contributed by atoms with Crippen LogP contribution in [-0.4, -0.2) is 92.6 Å². The van der Waals surface area contributed by atoms with Gasteiger partial charge in [-0.2, -0.15) is 0 Å². The average Bonchev–Trinajstić information content (AvgIpc) is 3.40. The van der Waals surface area contributed by atoms with Crippen LogP contribution in [0.4, 0.5) is 0 Å². The number of guanidine groups is 1. The molecule has 0 spiro atoms. The summed E-state index contributed by atoms with van der Waals surface area (Å²) in [5.74, 6) is 2.22. The molecule has 2 aliphatic heterocycles. The van der Waals surface area contributed by atoms with Gasteiger partial charge in [0.25, 0.3) is 0 Å². The van der Waals surface area contributed by atoms with E-state index in [1.807, 2.05) is 24.1 Å². The Morgan fingerprint density at radius 3 is 2.34 bits per heavy atom. The number of carbonyl (C=O) groups excluding carboxylic acids is 1. The molecule has 1 amide bonds. The highest BCUT2D eigenvalue weighted by atomic mass is 127. The van der Waals surface area contributed by atoms with Crippen molar-refractivity contribution in [2.45, 2.75) is 44.1 Å². The van der Waals surface area contributed by atoms with Gasteiger partial charge >= 0.3 is 0 Å². The molecule has 0 aromatic heterocycles. The molecule has 32 heavy (non-hydrogen) atoms. The first-order valence-electron chi connectivity index (χ1n) is 11.7. The van der Waals surface area contributed by atoms with Crippen LogP contribution in [0, 0.1) is 0 Å². The van der Waals surface area contributed by atoms with E-state index in [9.17, 15) is 4.79 Å². The van der Waals surface area contributed by atoms with Gasteiger partial charge in [-0.3, -0.25) is 14.7 Å². The highest BCUT2D eigenvalue weighted by Gasteiger charge is 2.46. The van der Waals surface area contributed by atoms with Gasteiger partial charge in [-0.25, -0.2) is 0 Å². The Hall–Kier alpha value is -1.55. The number of carbonyl (C=O) groups is 1. The van der Waals surface area contributed by atoms with Gasteiger partial charge in [0.05, 0.1) is 13.2 Å². The molecule has 2 saturated heterocycles. The van der Waals surface area contributed by atoms with Gasteiger partial charge in [0.2, 0.25) is 5.91 Å². The maximum Gasteiger partial charge on any atom is 0.239 e. The third-order valence-electron chi connectivity index (χ3n) is 7.27. The smallest absolute Gasteiger partial charge is 0.239 e. The zero-order chi connectivity index (χ0) is 21.8.